The highest BCUT2D eigenvalue weighted by Crippen LogP contribution is 2.12. The van der Waals surface area contributed by atoms with Crippen LogP contribution in [0.4, 0.5) is 0 Å². The maximum Gasteiger partial charge on any atom is 0.269 e. The highest BCUT2D eigenvalue weighted by molar-refractivity contribution is 5.93. The Morgan fingerprint density at radius 2 is 2.38 bits per heavy atom. The average molecular weight is 284 g/mol. The zero-order chi connectivity index (χ0) is 15.1. The van der Waals surface area contributed by atoms with Gasteiger partial charge in [0.25, 0.3) is 5.91 Å². The maximum atomic E-state index is 11.9. The van der Waals surface area contributed by atoms with Gasteiger partial charge in [-0.05, 0) is 18.9 Å². The lowest BCUT2D eigenvalue weighted by atomic mass is 10.1. The fraction of sp³-hybridized carbons (Fsp3) is 0.333. The van der Waals surface area contributed by atoms with Gasteiger partial charge in [-0.3, -0.25) is 4.79 Å². The largest absolute Gasteiger partial charge is 0.478 e. The molecule has 0 atom stereocenters. The van der Waals surface area contributed by atoms with Crippen molar-refractivity contribution in [3.8, 4) is 11.9 Å². The van der Waals surface area contributed by atoms with Crippen LogP contribution in [0, 0.1) is 11.3 Å². The Labute approximate surface area is 123 Å². The molecule has 21 heavy (non-hydrogen) atoms. The molecule has 0 radical (unpaired) electrons. The lowest BCUT2D eigenvalue weighted by Gasteiger charge is -2.13. The van der Waals surface area contributed by atoms with Gasteiger partial charge in [0, 0.05) is 37.0 Å². The van der Waals surface area contributed by atoms with Crippen LogP contribution in [0.3, 0.4) is 0 Å². The van der Waals surface area contributed by atoms with E-state index in [-0.39, 0.29) is 5.91 Å². The molecule has 1 amide bonds. The minimum absolute atomic E-state index is 0.125. The normalized spacial score (nSPS) is 13.0. The van der Waals surface area contributed by atoms with E-state index in [1.54, 1.807) is 18.3 Å². The van der Waals surface area contributed by atoms with Gasteiger partial charge in [0.2, 0.25) is 5.88 Å². The SMILES string of the molecule is C=C(CCCOc1ccc(C#N)cn1)C(=O)N1CCC=N1. The molecular formula is C15H16N4O2. The van der Waals surface area contributed by atoms with E-state index < -0.39 is 0 Å². The molecule has 108 valence electrons. The molecule has 6 heteroatoms. The Morgan fingerprint density at radius 1 is 1.52 bits per heavy atom. The number of nitrogens with zero attached hydrogens (tertiary/aromatic N) is 4. The van der Waals surface area contributed by atoms with E-state index in [1.165, 1.54) is 11.2 Å². The number of nitriles is 1. The smallest absolute Gasteiger partial charge is 0.269 e. The summed E-state index contributed by atoms with van der Waals surface area (Å²) in [6, 6.07) is 5.29. The summed E-state index contributed by atoms with van der Waals surface area (Å²) in [7, 11) is 0. The molecule has 0 spiro atoms. The van der Waals surface area contributed by atoms with Gasteiger partial charge >= 0.3 is 0 Å². The second-order valence-corrected chi connectivity index (χ2v) is 4.57. The van der Waals surface area contributed by atoms with Gasteiger partial charge in [0.1, 0.15) is 6.07 Å². The number of amides is 1. The van der Waals surface area contributed by atoms with Crippen LogP contribution in [0.15, 0.2) is 35.6 Å². The predicted molar refractivity (Wildman–Crippen MR) is 77.6 cm³/mol. The molecule has 0 saturated heterocycles. The van der Waals surface area contributed by atoms with Crippen molar-refractivity contribution in [2.75, 3.05) is 13.2 Å². The van der Waals surface area contributed by atoms with Crippen molar-refractivity contribution in [2.24, 2.45) is 5.10 Å². The molecule has 0 unspecified atom stereocenters. The summed E-state index contributed by atoms with van der Waals surface area (Å²) >= 11 is 0. The second kappa shape index (κ2) is 7.20. The standard InChI is InChI=1S/C15H16N4O2/c1-12(15(20)19-8-3-7-18-19)4-2-9-21-14-6-5-13(10-16)11-17-14/h5-7,11H,1-4,8-9H2. The van der Waals surface area contributed by atoms with Crippen molar-refractivity contribution in [3.63, 3.8) is 0 Å². The molecule has 1 aromatic rings. The molecule has 1 aromatic heterocycles. The minimum atomic E-state index is -0.125. The molecule has 1 aliphatic heterocycles. The van der Waals surface area contributed by atoms with Crippen molar-refractivity contribution < 1.29 is 9.53 Å². The zero-order valence-corrected chi connectivity index (χ0v) is 11.7. The van der Waals surface area contributed by atoms with Crippen LogP contribution in [-0.4, -0.2) is 35.3 Å². The Bertz CT molecular complexity index is 587. The molecule has 0 bridgehead atoms. The van der Waals surface area contributed by atoms with Gasteiger partial charge in [-0.1, -0.05) is 6.58 Å². The van der Waals surface area contributed by atoms with Crippen LogP contribution in [0.5, 0.6) is 5.88 Å². The summed E-state index contributed by atoms with van der Waals surface area (Å²) in [6.07, 6.45) is 5.21. The average Bonchev–Trinajstić information content (AvgIpc) is 3.05. The van der Waals surface area contributed by atoms with E-state index in [4.69, 9.17) is 10.00 Å². The topological polar surface area (TPSA) is 78.6 Å². The van der Waals surface area contributed by atoms with Gasteiger partial charge in [0.15, 0.2) is 0 Å². The summed E-state index contributed by atoms with van der Waals surface area (Å²) in [5.41, 5.74) is 1.03. The number of carbonyl (C=O) groups excluding carboxylic acids is 1. The second-order valence-electron chi connectivity index (χ2n) is 4.57. The summed E-state index contributed by atoms with van der Waals surface area (Å²) in [6.45, 7) is 4.86. The van der Waals surface area contributed by atoms with Crippen molar-refractivity contribution in [2.45, 2.75) is 19.3 Å². The van der Waals surface area contributed by atoms with E-state index in [0.29, 0.717) is 43.0 Å². The van der Waals surface area contributed by atoms with Crippen molar-refractivity contribution in [3.05, 3.63) is 36.0 Å². The molecule has 2 heterocycles. The van der Waals surface area contributed by atoms with Gasteiger partial charge in [-0.2, -0.15) is 10.4 Å². The molecule has 0 N–H and O–H groups in total. The number of hydrogen-bond donors (Lipinski definition) is 0. The first kappa shape index (κ1) is 14.7. The van der Waals surface area contributed by atoms with Gasteiger partial charge in [-0.15, -0.1) is 0 Å². The van der Waals surface area contributed by atoms with Crippen molar-refractivity contribution in [1.29, 1.82) is 5.26 Å². The molecule has 0 saturated carbocycles. The molecule has 0 fully saturated rings. The third-order valence-corrected chi connectivity index (χ3v) is 2.97. The molecule has 6 nitrogen and oxygen atoms in total. The summed E-state index contributed by atoms with van der Waals surface area (Å²) in [4.78, 5) is 15.9. The van der Waals surface area contributed by atoms with E-state index in [9.17, 15) is 4.79 Å². The number of pyridine rings is 1. The molecule has 1 aliphatic rings. The third kappa shape index (κ3) is 4.14. The van der Waals surface area contributed by atoms with E-state index in [1.807, 2.05) is 6.07 Å². The van der Waals surface area contributed by atoms with Crippen LogP contribution in [0.1, 0.15) is 24.8 Å². The molecule has 2 rings (SSSR count). The predicted octanol–water partition coefficient (Wildman–Crippen LogP) is 1.89. The lowest BCUT2D eigenvalue weighted by Crippen LogP contribution is -2.24. The monoisotopic (exact) mass is 284 g/mol. The van der Waals surface area contributed by atoms with Gasteiger partial charge < -0.3 is 4.74 Å². The Balaban J connectivity index is 1.69. The number of carbonyl (C=O) groups is 1. The number of ether oxygens (including phenoxy) is 1. The highest BCUT2D eigenvalue weighted by Gasteiger charge is 2.17. The van der Waals surface area contributed by atoms with Crippen LogP contribution in [0.2, 0.25) is 0 Å². The third-order valence-electron chi connectivity index (χ3n) is 2.97. The summed E-state index contributed by atoms with van der Waals surface area (Å²) in [5, 5.41) is 14.1. The molecule has 0 aliphatic carbocycles. The van der Waals surface area contributed by atoms with Crippen LogP contribution < -0.4 is 4.74 Å². The first-order valence-electron chi connectivity index (χ1n) is 6.72. The molecular weight excluding hydrogens is 268 g/mol. The quantitative estimate of drug-likeness (QED) is 0.590. The van der Waals surface area contributed by atoms with Gasteiger partial charge in [0.05, 0.1) is 12.2 Å². The summed E-state index contributed by atoms with van der Waals surface area (Å²) in [5.74, 6) is 0.343. The number of hydrogen-bond acceptors (Lipinski definition) is 5. The fourth-order valence-electron chi connectivity index (χ4n) is 1.83. The Kier molecular flexibility index (Phi) is 5.04. The first-order valence-corrected chi connectivity index (χ1v) is 6.72. The van der Waals surface area contributed by atoms with Crippen molar-refractivity contribution in [1.82, 2.24) is 9.99 Å². The number of rotatable bonds is 6. The van der Waals surface area contributed by atoms with E-state index in [0.717, 1.165) is 6.42 Å². The van der Waals surface area contributed by atoms with Crippen LogP contribution >= 0.6 is 0 Å². The van der Waals surface area contributed by atoms with Crippen LogP contribution in [-0.2, 0) is 4.79 Å². The van der Waals surface area contributed by atoms with E-state index >= 15 is 0 Å². The Morgan fingerprint density at radius 3 is 3.00 bits per heavy atom. The lowest BCUT2D eigenvalue weighted by molar-refractivity contribution is -0.126. The zero-order valence-electron chi connectivity index (χ0n) is 11.7. The van der Waals surface area contributed by atoms with E-state index in [2.05, 4.69) is 16.7 Å². The van der Waals surface area contributed by atoms with Crippen LogP contribution in [0.25, 0.3) is 0 Å². The highest BCUT2D eigenvalue weighted by atomic mass is 16.5. The maximum absolute atomic E-state index is 11.9. The first-order chi connectivity index (χ1) is 10.2. The van der Waals surface area contributed by atoms with Crippen molar-refractivity contribution >= 4 is 12.1 Å². The fourth-order valence-corrected chi connectivity index (χ4v) is 1.83. The number of aromatic nitrogens is 1. The number of hydrazone groups is 1. The Hall–Kier alpha value is -2.68. The minimum Gasteiger partial charge on any atom is -0.478 e. The molecule has 0 aromatic carbocycles. The van der Waals surface area contributed by atoms with Gasteiger partial charge in [-0.25, -0.2) is 9.99 Å². The summed E-state index contributed by atoms with van der Waals surface area (Å²) < 4.78 is 5.44.